The summed E-state index contributed by atoms with van der Waals surface area (Å²) in [5, 5.41) is 17.0. The van der Waals surface area contributed by atoms with Crippen molar-refractivity contribution in [2.75, 3.05) is 11.9 Å². The van der Waals surface area contributed by atoms with Gasteiger partial charge in [-0.05, 0) is 42.0 Å². The van der Waals surface area contributed by atoms with E-state index in [1.54, 1.807) is 24.3 Å². The summed E-state index contributed by atoms with van der Waals surface area (Å²) in [4.78, 5) is 11.7. The lowest BCUT2D eigenvalue weighted by molar-refractivity contribution is -0.119. The van der Waals surface area contributed by atoms with E-state index < -0.39 is 0 Å². The maximum absolute atomic E-state index is 11.7. The Bertz CT molecular complexity index is 710. The van der Waals surface area contributed by atoms with Crippen molar-refractivity contribution in [2.45, 2.75) is 0 Å². The van der Waals surface area contributed by atoms with Crippen LogP contribution in [-0.2, 0) is 4.79 Å². The molecule has 120 valence electrons. The molecule has 0 fully saturated rings. The molecule has 0 saturated carbocycles. The number of phenols is 1. The zero-order chi connectivity index (χ0) is 16.8. The molecule has 2 aromatic rings. The van der Waals surface area contributed by atoms with E-state index in [4.69, 9.17) is 34.8 Å². The summed E-state index contributed by atoms with van der Waals surface area (Å²) >= 11 is 17.3. The summed E-state index contributed by atoms with van der Waals surface area (Å²) < 4.78 is 0. The number of phenolic OH excluding ortho intramolecular Hbond substituents is 1. The van der Waals surface area contributed by atoms with Gasteiger partial charge >= 0.3 is 0 Å². The molecule has 0 radical (unpaired) electrons. The first kappa shape index (κ1) is 17.4. The maximum Gasteiger partial charge on any atom is 0.259 e. The van der Waals surface area contributed by atoms with E-state index in [0.717, 1.165) is 5.69 Å². The van der Waals surface area contributed by atoms with E-state index in [2.05, 4.69) is 15.8 Å². The lowest BCUT2D eigenvalue weighted by Crippen LogP contribution is -2.25. The van der Waals surface area contributed by atoms with Crippen LogP contribution >= 0.6 is 34.8 Å². The predicted molar refractivity (Wildman–Crippen MR) is 93.8 cm³/mol. The number of hydrogen-bond donors (Lipinski definition) is 3. The molecule has 2 rings (SSSR count). The van der Waals surface area contributed by atoms with Crippen molar-refractivity contribution in [3.05, 3.63) is 57.0 Å². The monoisotopic (exact) mass is 371 g/mol. The summed E-state index contributed by atoms with van der Waals surface area (Å²) in [6.45, 7) is 0.0516. The van der Waals surface area contributed by atoms with Gasteiger partial charge in [0.05, 0.1) is 22.8 Å². The SMILES string of the molecule is O=C(CNc1ccc(Cl)cc1)N/N=C/c1cc(Cl)c(O)c(Cl)c1. The fourth-order valence-corrected chi connectivity index (χ4v) is 2.26. The molecule has 2 aromatic carbocycles. The van der Waals surface area contributed by atoms with Gasteiger partial charge in [0.1, 0.15) is 0 Å². The molecule has 0 heterocycles. The van der Waals surface area contributed by atoms with Crippen LogP contribution in [0, 0.1) is 0 Å². The molecule has 0 saturated heterocycles. The van der Waals surface area contributed by atoms with Crippen molar-refractivity contribution in [1.29, 1.82) is 0 Å². The van der Waals surface area contributed by atoms with Crippen LogP contribution in [0.15, 0.2) is 41.5 Å². The van der Waals surface area contributed by atoms with Gasteiger partial charge < -0.3 is 10.4 Å². The van der Waals surface area contributed by atoms with Crippen molar-refractivity contribution in [2.24, 2.45) is 5.10 Å². The summed E-state index contributed by atoms with van der Waals surface area (Å²) in [6.07, 6.45) is 1.37. The quantitative estimate of drug-likeness (QED) is 0.550. The first-order valence-electron chi connectivity index (χ1n) is 6.45. The number of rotatable bonds is 5. The number of nitrogens with one attached hydrogen (secondary N) is 2. The van der Waals surface area contributed by atoms with E-state index in [9.17, 15) is 9.90 Å². The molecule has 0 aliphatic carbocycles. The number of amides is 1. The number of nitrogens with zero attached hydrogens (tertiary/aromatic N) is 1. The Labute approximate surface area is 147 Å². The molecule has 0 aliphatic heterocycles. The van der Waals surface area contributed by atoms with Crippen molar-refractivity contribution < 1.29 is 9.90 Å². The van der Waals surface area contributed by atoms with Crippen LogP contribution in [-0.4, -0.2) is 23.8 Å². The third-order valence-electron chi connectivity index (χ3n) is 2.74. The topological polar surface area (TPSA) is 73.7 Å². The van der Waals surface area contributed by atoms with Crippen LogP contribution < -0.4 is 10.7 Å². The largest absolute Gasteiger partial charge is 0.505 e. The molecule has 3 N–H and O–H groups in total. The molecule has 0 bridgehead atoms. The molecule has 1 amide bonds. The molecule has 5 nitrogen and oxygen atoms in total. The molecule has 8 heteroatoms. The highest BCUT2D eigenvalue weighted by atomic mass is 35.5. The summed E-state index contributed by atoms with van der Waals surface area (Å²) in [5.74, 6) is -0.520. The Morgan fingerprint density at radius 2 is 1.74 bits per heavy atom. The Balaban J connectivity index is 1.85. The van der Waals surface area contributed by atoms with E-state index in [0.29, 0.717) is 10.6 Å². The van der Waals surface area contributed by atoms with Gasteiger partial charge in [-0.1, -0.05) is 34.8 Å². The standard InChI is InChI=1S/C15H12Cl3N3O2/c16-10-1-3-11(4-2-10)19-8-14(22)21-20-7-9-5-12(17)15(23)13(18)6-9/h1-7,19,23H,8H2,(H,21,22)/b20-7+. The molecule has 0 aliphatic rings. The highest BCUT2D eigenvalue weighted by molar-refractivity contribution is 6.37. The number of halogens is 3. The van der Waals surface area contributed by atoms with Gasteiger partial charge in [-0.15, -0.1) is 0 Å². The van der Waals surface area contributed by atoms with Crippen LogP contribution in [0.2, 0.25) is 15.1 Å². The van der Waals surface area contributed by atoms with Crippen LogP contribution in [0.25, 0.3) is 0 Å². The second kappa shape index (κ2) is 8.06. The van der Waals surface area contributed by atoms with E-state index in [1.165, 1.54) is 18.3 Å². The molecule has 23 heavy (non-hydrogen) atoms. The highest BCUT2D eigenvalue weighted by Crippen LogP contribution is 2.32. The second-order valence-electron chi connectivity index (χ2n) is 4.49. The zero-order valence-corrected chi connectivity index (χ0v) is 14.0. The minimum Gasteiger partial charge on any atom is -0.505 e. The Kier molecular flexibility index (Phi) is 6.10. The van der Waals surface area contributed by atoms with E-state index >= 15 is 0 Å². The number of anilines is 1. The van der Waals surface area contributed by atoms with Gasteiger partial charge in [0.2, 0.25) is 0 Å². The third-order valence-corrected chi connectivity index (χ3v) is 3.57. The fourth-order valence-electron chi connectivity index (χ4n) is 1.63. The van der Waals surface area contributed by atoms with Gasteiger partial charge in [-0.2, -0.15) is 5.10 Å². The third kappa shape index (κ3) is 5.32. The van der Waals surface area contributed by atoms with Gasteiger partial charge in [0.15, 0.2) is 5.75 Å². The molecular weight excluding hydrogens is 361 g/mol. The van der Waals surface area contributed by atoms with Crippen molar-refractivity contribution in [3.63, 3.8) is 0 Å². The predicted octanol–water partition coefficient (Wildman–Crippen LogP) is 3.91. The first-order chi connectivity index (χ1) is 11.0. The van der Waals surface area contributed by atoms with E-state index in [1.807, 2.05) is 0 Å². The van der Waals surface area contributed by atoms with Crippen molar-refractivity contribution in [1.82, 2.24) is 5.43 Å². The number of carbonyl (C=O) groups is 1. The average molecular weight is 373 g/mol. The first-order valence-corrected chi connectivity index (χ1v) is 7.58. The number of benzene rings is 2. The number of carbonyl (C=O) groups excluding carboxylic acids is 1. The number of hydrazone groups is 1. The molecule has 0 spiro atoms. The van der Waals surface area contributed by atoms with Crippen molar-refractivity contribution in [3.8, 4) is 5.75 Å². The van der Waals surface area contributed by atoms with Gasteiger partial charge in [-0.25, -0.2) is 5.43 Å². The van der Waals surface area contributed by atoms with Crippen molar-refractivity contribution >= 4 is 52.6 Å². The molecule has 0 atom stereocenters. The Morgan fingerprint density at radius 1 is 1.13 bits per heavy atom. The maximum atomic E-state index is 11.7. The Hall–Kier alpha value is -1.95. The fraction of sp³-hybridized carbons (Fsp3) is 0.0667. The molecule has 0 aromatic heterocycles. The Morgan fingerprint density at radius 3 is 2.35 bits per heavy atom. The van der Waals surface area contributed by atoms with Crippen LogP contribution in [0.1, 0.15) is 5.56 Å². The van der Waals surface area contributed by atoms with Gasteiger partial charge in [0, 0.05) is 10.7 Å². The van der Waals surface area contributed by atoms with Crippen LogP contribution in [0.3, 0.4) is 0 Å². The molecule has 0 unspecified atom stereocenters. The lowest BCUT2D eigenvalue weighted by atomic mass is 10.2. The van der Waals surface area contributed by atoms with Crippen LogP contribution in [0.4, 0.5) is 5.69 Å². The average Bonchev–Trinajstić information content (AvgIpc) is 2.52. The summed E-state index contributed by atoms with van der Waals surface area (Å²) in [7, 11) is 0. The normalized spacial score (nSPS) is 10.7. The lowest BCUT2D eigenvalue weighted by Gasteiger charge is -2.05. The zero-order valence-electron chi connectivity index (χ0n) is 11.7. The van der Waals surface area contributed by atoms with Crippen LogP contribution in [0.5, 0.6) is 5.75 Å². The summed E-state index contributed by atoms with van der Waals surface area (Å²) in [5.41, 5.74) is 3.67. The highest BCUT2D eigenvalue weighted by Gasteiger charge is 2.05. The smallest absolute Gasteiger partial charge is 0.259 e. The summed E-state index contributed by atoms with van der Waals surface area (Å²) in [6, 6.07) is 9.92. The minimum atomic E-state index is -0.327. The molecular formula is C15H12Cl3N3O2. The minimum absolute atomic E-state index is 0.0516. The van der Waals surface area contributed by atoms with Gasteiger partial charge in [0.25, 0.3) is 5.91 Å². The number of hydrogen-bond acceptors (Lipinski definition) is 4. The number of aromatic hydroxyl groups is 1. The second-order valence-corrected chi connectivity index (χ2v) is 5.74. The van der Waals surface area contributed by atoms with E-state index in [-0.39, 0.29) is 28.2 Å². The van der Waals surface area contributed by atoms with Gasteiger partial charge in [-0.3, -0.25) is 4.79 Å².